The Labute approximate surface area is 158 Å². The summed E-state index contributed by atoms with van der Waals surface area (Å²) in [6.45, 7) is 1.37. The monoisotopic (exact) mass is 401 g/mol. The van der Waals surface area contributed by atoms with E-state index in [0.29, 0.717) is 21.3 Å². The quantitative estimate of drug-likeness (QED) is 0.590. The zero-order chi connectivity index (χ0) is 16.9. The van der Waals surface area contributed by atoms with Crippen molar-refractivity contribution in [1.82, 2.24) is 15.1 Å². The number of thioether (sulfide) groups is 1. The van der Waals surface area contributed by atoms with Crippen LogP contribution in [-0.4, -0.2) is 40.7 Å². The standard InChI is InChI=1S/C15H16ClN3O2S3/c16-10-3-5-11(6-4-10)19-15(22)24-14(18-19)23-9-13(20)17-8-12-2-1-7-21-12/h3-6,12H,1-2,7-9H2,(H,17,20)/t12-/m0/s1. The highest BCUT2D eigenvalue weighted by Gasteiger charge is 2.16. The number of rotatable bonds is 6. The predicted octanol–water partition coefficient (Wildman–Crippen LogP) is 3.70. The first kappa shape index (κ1) is 17.9. The summed E-state index contributed by atoms with van der Waals surface area (Å²) in [7, 11) is 0. The van der Waals surface area contributed by atoms with E-state index >= 15 is 0 Å². The normalized spacial score (nSPS) is 17.1. The van der Waals surface area contributed by atoms with E-state index in [2.05, 4.69) is 10.4 Å². The molecule has 1 aliphatic rings. The van der Waals surface area contributed by atoms with Gasteiger partial charge in [-0.15, -0.1) is 5.10 Å². The first-order valence-corrected chi connectivity index (χ1v) is 10.1. The van der Waals surface area contributed by atoms with Crippen molar-refractivity contribution in [1.29, 1.82) is 0 Å². The van der Waals surface area contributed by atoms with E-state index in [9.17, 15) is 4.79 Å². The summed E-state index contributed by atoms with van der Waals surface area (Å²) in [5, 5.41) is 8.03. The van der Waals surface area contributed by atoms with E-state index in [1.165, 1.54) is 23.1 Å². The van der Waals surface area contributed by atoms with Crippen LogP contribution in [0, 0.1) is 3.95 Å². The van der Waals surface area contributed by atoms with Crippen molar-refractivity contribution in [3.8, 4) is 5.69 Å². The largest absolute Gasteiger partial charge is 0.376 e. The average molecular weight is 402 g/mol. The molecule has 2 heterocycles. The number of hydrogen-bond acceptors (Lipinski definition) is 6. The molecule has 1 aromatic carbocycles. The summed E-state index contributed by atoms with van der Waals surface area (Å²) >= 11 is 14.0. The van der Waals surface area contributed by atoms with E-state index in [4.69, 9.17) is 28.6 Å². The molecule has 0 bridgehead atoms. The van der Waals surface area contributed by atoms with Crippen LogP contribution >= 0.6 is 46.9 Å². The first-order valence-electron chi connectivity index (χ1n) is 7.49. The molecule has 1 aliphatic heterocycles. The Morgan fingerprint density at radius 1 is 1.50 bits per heavy atom. The number of halogens is 1. The lowest BCUT2D eigenvalue weighted by Gasteiger charge is -2.09. The SMILES string of the molecule is O=C(CSc1nn(-c2ccc(Cl)cc2)c(=S)s1)NC[C@@H]1CCCO1. The Morgan fingerprint density at radius 2 is 2.29 bits per heavy atom. The van der Waals surface area contributed by atoms with E-state index in [1.807, 2.05) is 12.1 Å². The summed E-state index contributed by atoms with van der Waals surface area (Å²) < 4.78 is 8.57. The minimum atomic E-state index is -0.0188. The van der Waals surface area contributed by atoms with Gasteiger partial charge in [0.1, 0.15) is 0 Å². The molecule has 1 fully saturated rings. The van der Waals surface area contributed by atoms with Gasteiger partial charge in [-0.1, -0.05) is 34.7 Å². The van der Waals surface area contributed by atoms with Crippen molar-refractivity contribution >= 4 is 52.8 Å². The highest BCUT2D eigenvalue weighted by atomic mass is 35.5. The van der Waals surface area contributed by atoms with Crippen molar-refractivity contribution in [2.45, 2.75) is 23.3 Å². The topological polar surface area (TPSA) is 56.2 Å². The van der Waals surface area contributed by atoms with Crippen molar-refractivity contribution in [2.75, 3.05) is 18.9 Å². The summed E-state index contributed by atoms with van der Waals surface area (Å²) in [5.41, 5.74) is 0.857. The molecule has 2 aromatic rings. The van der Waals surface area contributed by atoms with Crippen molar-refractivity contribution in [3.63, 3.8) is 0 Å². The molecule has 1 N–H and O–H groups in total. The van der Waals surface area contributed by atoms with Crippen LogP contribution in [0.5, 0.6) is 0 Å². The molecule has 5 nitrogen and oxygen atoms in total. The number of nitrogens with zero attached hydrogens (tertiary/aromatic N) is 2. The van der Waals surface area contributed by atoms with Gasteiger partial charge in [-0.25, -0.2) is 4.68 Å². The summed E-state index contributed by atoms with van der Waals surface area (Å²) in [4.78, 5) is 11.9. The zero-order valence-corrected chi connectivity index (χ0v) is 15.9. The van der Waals surface area contributed by atoms with Gasteiger partial charge < -0.3 is 10.1 Å². The molecule has 24 heavy (non-hydrogen) atoms. The van der Waals surface area contributed by atoms with Crippen molar-refractivity contribution in [2.24, 2.45) is 0 Å². The van der Waals surface area contributed by atoms with Crippen LogP contribution in [0.25, 0.3) is 5.69 Å². The maximum Gasteiger partial charge on any atom is 0.230 e. The van der Waals surface area contributed by atoms with E-state index < -0.39 is 0 Å². The van der Waals surface area contributed by atoms with Crippen LogP contribution in [0.1, 0.15) is 12.8 Å². The maximum atomic E-state index is 11.9. The number of amides is 1. The summed E-state index contributed by atoms with van der Waals surface area (Å²) in [6, 6.07) is 7.31. The molecular formula is C15H16ClN3O2S3. The molecular weight excluding hydrogens is 386 g/mol. The number of carbonyl (C=O) groups excluding carboxylic acids is 1. The molecule has 128 valence electrons. The third kappa shape index (κ3) is 4.80. The number of ether oxygens (including phenoxy) is 1. The van der Waals surface area contributed by atoms with Crippen LogP contribution in [0.4, 0.5) is 0 Å². The lowest BCUT2D eigenvalue weighted by molar-refractivity contribution is -0.119. The van der Waals surface area contributed by atoms with Gasteiger partial charge in [-0.2, -0.15) is 0 Å². The van der Waals surface area contributed by atoms with Gasteiger partial charge in [0.2, 0.25) is 5.91 Å². The third-order valence-corrected chi connectivity index (χ3v) is 6.10. The molecule has 1 atom stereocenters. The Balaban J connectivity index is 1.54. The Bertz CT molecular complexity index is 754. The van der Waals surface area contributed by atoms with Crippen LogP contribution < -0.4 is 5.32 Å². The average Bonchev–Trinajstić information content (AvgIpc) is 3.21. The second-order valence-electron chi connectivity index (χ2n) is 5.25. The third-order valence-electron chi connectivity index (χ3n) is 3.48. The van der Waals surface area contributed by atoms with Crippen LogP contribution in [0.2, 0.25) is 5.02 Å². The van der Waals surface area contributed by atoms with Gasteiger partial charge in [-0.05, 0) is 49.3 Å². The molecule has 0 saturated carbocycles. The van der Waals surface area contributed by atoms with E-state index in [1.54, 1.807) is 16.8 Å². The molecule has 0 unspecified atom stereocenters. The van der Waals surface area contributed by atoms with E-state index in [0.717, 1.165) is 29.5 Å². The first-order chi connectivity index (χ1) is 11.6. The summed E-state index contributed by atoms with van der Waals surface area (Å²) in [5.74, 6) is 0.296. The van der Waals surface area contributed by atoms with Crippen LogP contribution in [-0.2, 0) is 9.53 Å². The van der Waals surface area contributed by atoms with Gasteiger partial charge >= 0.3 is 0 Å². The lowest BCUT2D eigenvalue weighted by atomic mass is 10.2. The number of carbonyl (C=O) groups is 1. The molecule has 1 saturated heterocycles. The van der Waals surface area contributed by atoms with Gasteiger partial charge in [0, 0.05) is 18.2 Å². The number of nitrogens with one attached hydrogen (secondary N) is 1. The molecule has 9 heteroatoms. The minimum Gasteiger partial charge on any atom is -0.376 e. The fourth-order valence-corrected chi connectivity index (χ4v) is 4.59. The van der Waals surface area contributed by atoms with Crippen LogP contribution in [0.15, 0.2) is 28.6 Å². The number of aromatic nitrogens is 2. The second kappa shape index (κ2) is 8.44. The molecule has 0 spiro atoms. The van der Waals surface area contributed by atoms with Gasteiger partial charge in [-0.3, -0.25) is 4.79 Å². The highest BCUT2D eigenvalue weighted by Crippen LogP contribution is 2.24. The zero-order valence-electron chi connectivity index (χ0n) is 12.7. The molecule has 1 amide bonds. The molecule has 3 rings (SSSR count). The Kier molecular flexibility index (Phi) is 6.29. The predicted molar refractivity (Wildman–Crippen MR) is 100.0 cm³/mol. The second-order valence-corrected chi connectivity index (χ2v) is 8.53. The van der Waals surface area contributed by atoms with Crippen LogP contribution in [0.3, 0.4) is 0 Å². The van der Waals surface area contributed by atoms with Crippen molar-refractivity contribution < 1.29 is 9.53 Å². The number of benzene rings is 1. The lowest BCUT2D eigenvalue weighted by Crippen LogP contribution is -2.32. The smallest absolute Gasteiger partial charge is 0.230 e. The van der Waals surface area contributed by atoms with Gasteiger partial charge in [0.25, 0.3) is 0 Å². The maximum absolute atomic E-state index is 11.9. The van der Waals surface area contributed by atoms with E-state index in [-0.39, 0.29) is 12.0 Å². The summed E-state index contributed by atoms with van der Waals surface area (Å²) in [6.07, 6.45) is 2.24. The van der Waals surface area contributed by atoms with Crippen molar-refractivity contribution in [3.05, 3.63) is 33.2 Å². The molecule has 0 radical (unpaired) electrons. The molecule has 0 aliphatic carbocycles. The fourth-order valence-electron chi connectivity index (χ4n) is 2.28. The Morgan fingerprint density at radius 3 is 3.00 bits per heavy atom. The number of hydrogen-bond donors (Lipinski definition) is 1. The highest BCUT2D eigenvalue weighted by molar-refractivity contribution is 8.01. The Hall–Kier alpha value is -0.930. The van der Waals surface area contributed by atoms with Gasteiger partial charge in [0.15, 0.2) is 8.29 Å². The molecule has 1 aromatic heterocycles. The van der Waals surface area contributed by atoms with Gasteiger partial charge in [0.05, 0.1) is 17.5 Å². The minimum absolute atomic E-state index is 0.0188. The fraction of sp³-hybridized carbons (Fsp3) is 0.400.